The summed E-state index contributed by atoms with van der Waals surface area (Å²) < 4.78 is 4.42. The van der Waals surface area contributed by atoms with Crippen molar-refractivity contribution >= 4 is 11.5 Å². The maximum atomic E-state index is 9.61. The molecule has 5 heteroatoms. The zero-order chi connectivity index (χ0) is 13.8. The van der Waals surface area contributed by atoms with Crippen LogP contribution < -0.4 is 0 Å². The molecule has 1 aromatic rings. The van der Waals surface area contributed by atoms with Crippen molar-refractivity contribution in [2.45, 2.75) is 71.1 Å². The van der Waals surface area contributed by atoms with Crippen LogP contribution in [-0.4, -0.2) is 38.1 Å². The Morgan fingerprint density at radius 2 is 2.16 bits per heavy atom. The van der Waals surface area contributed by atoms with Crippen LogP contribution in [0.4, 0.5) is 0 Å². The van der Waals surface area contributed by atoms with Crippen molar-refractivity contribution in [3.63, 3.8) is 0 Å². The normalized spacial score (nSPS) is 22.9. The lowest BCUT2D eigenvalue weighted by molar-refractivity contribution is 0.0817. The van der Waals surface area contributed by atoms with Crippen molar-refractivity contribution in [3.8, 4) is 0 Å². The third kappa shape index (κ3) is 4.23. The van der Waals surface area contributed by atoms with Gasteiger partial charge in [-0.25, -0.2) is 4.98 Å². The Balaban J connectivity index is 1.98. The highest BCUT2D eigenvalue weighted by molar-refractivity contribution is 7.05. The van der Waals surface area contributed by atoms with Crippen LogP contribution in [0.3, 0.4) is 0 Å². The molecule has 2 atom stereocenters. The Morgan fingerprint density at radius 1 is 1.37 bits per heavy atom. The molecule has 19 heavy (non-hydrogen) atoms. The highest BCUT2D eigenvalue weighted by atomic mass is 32.1. The van der Waals surface area contributed by atoms with Crippen LogP contribution in [0.25, 0.3) is 0 Å². The van der Waals surface area contributed by atoms with Gasteiger partial charge in [-0.15, -0.1) is 0 Å². The highest BCUT2D eigenvalue weighted by Gasteiger charge is 2.24. The molecule has 2 unspecified atom stereocenters. The first-order valence-electron chi connectivity index (χ1n) is 7.31. The summed E-state index contributed by atoms with van der Waals surface area (Å²) in [5.74, 6) is 1.36. The van der Waals surface area contributed by atoms with Gasteiger partial charge in [-0.3, -0.25) is 4.90 Å². The van der Waals surface area contributed by atoms with E-state index in [2.05, 4.69) is 28.1 Å². The molecule has 1 aromatic heterocycles. The fourth-order valence-corrected chi connectivity index (χ4v) is 3.48. The van der Waals surface area contributed by atoms with E-state index in [0.29, 0.717) is 12.0 Å². The summed E-state index contributed by atoms with van der Waals surface area (Å²) in [6.45, 7) is 8.15. The topological polar surface area (TPSA) is 49.2 Å². The Hall–Kier alpha value is -0.520. The van der Waals surface area contributed by atoms with Crippen molar-refractivity contribution in [1.82, 2.24) is 14.3 Å². The van der Waals surface area contributed by atoms with Gasteiger partial charge in [0, 0.05) is 12.0 Å². The number of aliphatic hydroxyl groups excluding tert-OH is 1. The van der Waals surface area contributed by atoms with Gasteiger partial charge in [-0.1, -0.05) is 20.3 Å². The molecule has 108 valence electrons. The van der Waals surface area contributed by atoms with E-state index >= 15 is 0 Å². The first-order valence-corrected chi connectivity index (χ1v) is 8.08. The fourth-order valence-electron chi connectivity index (χ4n) is 2.67. The van der Waals surface area contributed by atoms with Gasteiger partial charge in [0.05, 0.1) is 12.6 Å². The Labute approximate surface area is 120 Å². The predicted octanol–water partition coefficient (Wildman–Crippen LogP) is 2.79. The van der Waals surface area contributed by atoms with Gasteiger partial charge < -0.3 is 5.11 Å². The number of aromatic nitrogens is 2. The summed E-state index contributed by atoms with van der Waals surface area (Å²) in [4.78, 5) is 7.09. The van der Waals surface area contributed by atoms with E-state index in [0.717, 1.165) is 30.3 Å². The SMILES string of the molecule is CC(O)CC1CCCCN1Cc1nc(C(C)C)ns1. The van der Waals surface area contributed by atoms with Gasteiger partial charge in [0.25, 0.3) is 0 Å². The second kappa shape index (κ2) is 6.77. The zero-order valence-electron chi connectivity index (χ0n) is 12.2. The number of piperidine rings is 1. The van der Waals surface area contributed by atoms with Crippen LogP contribution in [0.2, 0.25) is 0 Å². The van der Waals surface area contributed by atoms with E-state index in [-0.39, 0.29) is 6.10 Å². The third-order valence-electron chi connectivity index (χ3n) is 3.70. The molecule has 1 N–H and O–H groups in total. The molecule has 0 aliphatic carbocycles. The number of aliphatic hydroxyl groups is 1. The van der Waals surface area contributed by atoms with Gasteiger partial charge in [-0.05, 0) is 44.3 Å². The quantitative estimate of drug-likeness (QED) is 0.903. The Morgan fingerprint density at radius 3 is 2.79 bits per heavy atom. The largest absolute Gasteiger partial charge is 0.393 e. The smallest absolute Gasteiger partial charge is 0.145 e. The van der Waals surface area contributed by atoms with E-state index in [1.54, 1.807) is 0 Å². The molecule has 4 nitrogen and oxygen atoms in total. The minimum absolute atomic E-state index is 0.216. The van der Waals surface area contributed by atoms with Crippen LogP contribution in [0.5, 0.6) is 0 Å². The van der Waals surface area contributed by atoms with E-state index in [1.165, 1.54) is 30.8 Å². The van der Waals surface area contributed by atoms with Crippen LogP contribution in [0, 0.1) is 0 Å². The van der Waals surface area contributed by atoms with Gasteiger partial charge in [-0.2, -0.15) is 4.37 Å². The van der Waals surface area contributed by atoms with E-state index < -0.39 is 0 Å². The number of hydrogen-bond donors (Lipinski definition) is 1. The average Bonchev–Trinajstić information content (AvgIpc) is 2.80. The third-order valence-corrected chi connectivity index (χ3v) is 4.41. The summed E-state index contributed by atoms with van der Waals surface area (Å²) in [5.41, 5.74) is 0. The van der Waals surface area contributed by atoms with Crippen molar-refractivity contribution in [3.05, 3.63) is 10.8 Å². The maximum absolute atomic E-state index is 9.61. The van der Waals surface area contributed by atoms with E-state index in [4.69, 9.17) is 0 Å². The summed E-state index contributed by atoms with van der Waals surface area (Å²) in [7, 11) is 0. The zero-order valence-corrected chi connectivity index (χ0v) is 13.0. The van der Waals surface area contributed by atoms with Crippen molar-refractivity contribution in [2.75, 3.05) is 6.54 Å². The van der Waals surface area contributed by atoms with Crippen molar-refractivity contribution in [1.29, 1.82) is 0 Å². The number of hydrogen-bond acceptors (Lipinski definition) is 5. The number of rotatable bonds is 5. The van der Waals surface area contributed by atoms with Gasteiger partial charge >= 0.3 is 0 Å². The van der Waals surface area contributed by atoms with Gasteiger partial charge in [0.1, 0.15) is 10.8 Å². The molecular formula is C14H25N3OS. The molecule has 0 amide bonds. The number of likely N-dealkylation sites (tertiary alicyclic amines) is 1. The standard InChI is InChI=1S/C14H25N3OS/c1-10(2)14-15-13(19-16-14)9-17-7-5-4-6-12(17)8-11(3)18/h10-12,18H,4-9H2,1-3H3. The molecule has 1 fully saturated rings. The molecule has 1 saturated heterocycles. The lowest BCUT2D eigenvalue weighted by Gasteiger charge is -2.35. The number of nitrogens with zero attached hydrogens (tertiary/aromatic N) is 3. The van der Waals surface area contributed by atoms with E-state index in [1.807, 2.05) is 6.92 Å². The molecule has 1 aliphatic heterocycles. The summed E-state index contributed by atoms with van der Waals surface area (Å²) in [6, 6.07) is 0.500. The second-order valence-electron chi connectivity index (χ2n) is 5.91. The van der Waals surface area contributed by atoms with Crippen molar-refractivity contribution in [2.24, 2.45) is 0 Å². The van der Waals surface area contributed by atoms with Gasteiger partial charge in [0.15, 0.2) is 0 Å². The Bertz CT molecular complexity index is 392. The minimum atomic E-state index is -0.216. The maximum Gasteiger partial charge on any atom is 0.145 e. The minimum Gasteiger partial charge on any atom is -0.393 e. The lowest BCUT2D eigenvalue weighted by Crippen LogP contribution is -2.40. The van der Waals surface area contributed by atoms with Crippen molar-refractivity contribution < 1.29 is 5.11 Å². The van der Waals surface area contributed by atoms with Crippen LogP contribution in [-0.2, 0) is 6.54 Å². The molecular weight excluding hydrogens is 258 g/mol. The fraction of sp³-hybridized carbons (Fsp3) is 0.857. The summed E-state index contributed by atoms with van der Waals surface area (Å²) in [5, 5.41) is 10.7. The molecule has 0 bridgehead atoms. The highest BCUT2D eigenvalue weighted by Crippen LogP contribution is 2.24. The molecule has 0 aromatic carbocycles. The molecule has 0 spiro atoms. The van der Waals surface area contributed by atoms with Crippen LogP contribution >= 0.6 is 11.5 Å². The molecule has 2 heterocycles. The second-order valence-corrected chi connectivity index (χ2v) is 6.74. The predicted molar refractivity (Wildman–Crippen MR) is 78.3 cm³/mol. The molecule has 2 rings (SSSR count). The first kappa shape index (κ1) is 14.9. The summed E-state index contributed by atoms with van der Waals surface area (Å²) in [6.07, 6.45) is 4.38. The lowest BCUT2D eigenvalue weighted by atomic mass is 9.97. The monoisotopic (exact) mass is 283 g/mol. The Kier molecular flexibility index (Phi) is 5.30. The first-order chi connectivity index (χ1) is 9.06. The van der Waals surface area contributed by atoms with Crippen LogP contribution in [0.1, 0.15) is 63.2 Å². The van der Waals surface area contributed by atoms with Gasteiger partial charge in [0.2, 0.25) is 0 Å². The molecule has 0 saturated carbocycles. The van der Waals surface area contributed by atoms with Crippen LogP contribution in [0.15, 0.2) is 0 Å². The summed E-state index contributed by atoms with van der Waals surface area (Å²) >= 11 is 1.53. The van der Waals surface area contributed by atoms with E-state index in [9.17, 15) is 5.11 Å². The molecule has 0 radical (unpaired) electrons. The average molecular weight is 283 g/mol. The molecule has 1 aliphatic rings.